The van der Waals surface area contributed by atoms with E-state index in [-0.39, 0.29) is 4.90 Å². The van der Waals surface area contributed by atoms with Gasteiger partial charge in [-0.05, 0) is 41.8 Å². The molecule has 0 aliphatic heterocycles. The van der Waals surface area contributed by atoms with Crippen molar-refractivity contribution in [3.05, 3.63) is 59.9 Å². The van der Waals surface area contributed by atoms with E-state index in [4.69, 9.17) is 5.73 Å². The van der Waals surface area contributed by atoms with Crippen molar-refractivity contribution in [3.8, 4) is 0 Å². The fourth-order valence-electron chi connectivity index (χ4n) is 1.93. The summed E-state index contributed by atoms with van der Waals surface area (Å²) in [5.41, 5.74) is 7.49. The molecule has 2 aromatic rings. The fourth-order valence-corrected chi connectivity index (χ4v) is 3.11. The van der Waals surface area contributed by atoms with Gasteiger partial charge >= 0.3 is 0 Å². The molecule has 21 heavy (non-hydrogen) atoms. The van der Waals surface area contributed by atoms with Gasteiger partial charge in [-0.15, -0.1) is 0 Å². The normalized spacial score (nSPS) is 11.8. The molecule has 0 unspecified atom stereocenters. The molecule has 0 fully saturated rings. The van der Waals surface area contributed by atoms with Crippen molar-refractivity contribution in [3.63, 3.8) is 0 Å². The molecule has 0 spiro atoms. The minimum Gasteiger partial charge on any atom is -0.326 e. The first-order chi connectivity index (χ1) is 10.0. The second-order valence-corrected chi connectivity index (χ2v) is 6.82. The van der Waals surface area contributed by atoms with Crippen molar-refractivity contribution in [2.45, 2.75) is 17.9 Å². The van der Waals surface area contributed by atoms with Crippen molar-refractivity contribution in [2.75, 3.05) is 13.6 Å². The third-order valence-electron chi connectivity index (χ3n) is 3.33. The molecular weight excluding hydrogens is 286 g/mol. The van der Waals surface area contributed by atoms with E-state index in [1.165, 1.54) is 4.31 Å². The van der Waals surface area contributed by atoms with Crippen molar-refractivity contribution >= 4 is 10.0 Å². The van der Waals surface area contributed by atoms with Gasteiger partial charge in [-0.2, -0.15) is 0 Å². The van der Waals surface area contributed by atoms with Crippen LogP contribution in [0.25, 0.3) is 0 Å². The molecule has 0 radical (unpaired) electrons. The summed E-state index contributed by atoms with van der Waals surface area (Å²) in [6.45, 7) is 0.823. The molecule has 2 N–H and O–H groups in total. The van der Waals surface area contributed by atoms with E-state index in [0.29, 0.717) is 19.5 Å². The van der Waals surface area contributed by atoms with Crippen LogP contribution in [0, 0.1) is 0 Å². The first-order valence-corrected chi connectivity index (χ1v) is 8.12. The second kappa shape index (κ2) is 6.80. The number of hydrogen-bond donors (Lipinski definition) is 1. The number of nitrogens with two attached hydrogens (primary N) is 1. The Balaban J connectivity index is 2.07. The average Bonchev–Trinajstić information content (AvgIpc) is 2.53. The number of benzene rings is 1. The Kier molecular flexibility index (Phi) is 5.06. The maximum absolute atomic E-state index is 12.4. The summed E-state index contributed by atoms with van der Waals surface area (Å²) in [6.07, 6.45) is 4.06. The van der Waals surface area contributed by atoms with Crippen LogP contribution in [0.4, 0.5) is 0 Å². The van der Waals surface area contributed by atoms with Gasteiger partial charge in [-0.1, -0.05) is 12.1 Å². The zero-order valence-electron chi connectivity index (χ0n) is 11.9. The molecule has 0 aliphatic rings. The molecule has 0 atom stereocenters. The van der Waals surface area contributed by atoms with Crippen LogP contribution in [0.1, 0.15) is 11.1 Å². The average molecular weight is 305 g/mol. The first-order valence-electron chi connectivity index (χ1n) is 6.68. The van der Waals surface area contributed by atoms with Gasteiger partial charge in [0.1, 0.15) is 0 Å². The molecular formula is C15H19N3O2S. The summed E-state index contributed by atoms with van der Waals surface area (Å²) in [5, 5.41) is 0. The summed E-state index contributed by atoms with van der Waals surface area (Å²) in [6, 6.07) is 10.4. The first kappa shape index (κ1) is 15.6. The highest BCUT2D eigenvalue weighted by atomic mass is 32.2. The largest absolute Gasteiger partial charge is 0.326 e. The van der Waals surface area contributed by atoms with Gasteiger partial charge in [0.05, 0.1) is 4.90 Å². The molecule has 112 valence electrons. The number of aromatic nitrogens is 1. The minimum atomic E-state index is -3.46. The highest BCUT2D eigenvalue weighted by Gasteiger charge is 2.20. The summed E-state index contributed by atoms with van der Waals surface area (Å²) >= 11 is 0. The summed E-state index contributed by atoms with van der Waals surface area (Å²) < 4.78 is 26.2. The summed E-state index contributed by atoms with van der Waals surface area (Å²) in [7, 11) is -1.87. The van der Waals surface area contributed by atoms with Crippen LogP contribution in [0.5, 0.6) is 0 Å². The third kappa shape index (κ3) is 3.87. The third-order valence-corrected chi connectivity index (χ3v) is 5.20. The predicted molar refractivity (Wildman–Crippen MR) is 82.1 cm³/mol. The van der Waals surface area contributed by atoms with Crippen LogP contribution in [-0.4, -0.2) is 31.3 Å². The number of rotatable bonds is 6. The molecule has 6 heteroatoms. The zero-order chi connectivity index (χ0) is 15.3. The topological polar surface area (TPSA) is 76.3 Å². The fraction of sp³-hybridized carbons (Fsp3) is 0.267. The Hall–Kier alpha value is -1.76. The maximum atomic E-state index is 12.4. The van der Waals surface area contributed by atoms with Crippen molar-refractivity contribution in [1.29, 1.82) is 0 Å². The second-order valence-electron chi connectivity index (χ2n) is 4.78. The van der Waals surface area contributed by atoms with Crippen LogP contribution in [0.3, 0.4) is 0 Å². The predicted octanol–water partition coefficient (Wildman–Crippen LogP) is 1.40. The lowest BCUT2D eigenvalue weighted by atomic mass is 10.2. The number of likely N-dealkylation sites (N-methyl/N-ethyl adjacent to an activating group) is 1. The van der Waals surface area contributed by atoms with Gasteiger partial charge in [-0.3, -0.25) is 4.98 Å². The lowest BCUT2D eigenvalue weighted by Crippen LogP contribution is -2.29. The lowest BCUT2D eigenvalue weighted by molar-refractivity contribution is 0.472. The zero-order valence-corrected chi connectivity index (χ0v) is 12.8. The highest BCUT2D eigenvalue weighted by Crippen LogP contribution is 2.15. The van der Waals surface area contributed by atoms with E-state index in [1.54, 1.807) is 43.7 Å². The number of hydrogen-bond acceptors (Lipinski definition) is 4. The summed E-state index contributed by atoms with van der Waals surface area (Å²) in [5.74, 6) is 0. The quantitative estimate of drug-likeness (QED) is 0.875. The molecule has 5 nitrogen and oxygen atoms in total. The van der Waals surface area contributed by atoms with E-state index in [0.717, 1.165) is 11.1 Å². The van der Waals surface area contributed by atoms with Crippen molar-refractivity contribution in [1.82, 2.24) is 9.29 Å². The standard InChI is InChI=1S/C15H19N3O2S/c1-18(11-8-13-6-9-17-10-7-13)21(19,20)15-4-2-14(12-16)3-5-15/h2-7,9-10H,8,11-12,16H2,1H3. The van der Waals surface area contributed by atoms with Gasteiger partial charge in [0, 0.05) is 32.5 Å². The molecule has 1 aromatic heterocycles. The van der Waals surface area contributed by atoms with E-state index >= 15 is 0 Å². The van der Waals surface area contributed by atoms with Crippen molar-refractivity contribution in [2.24, 2.45) is 5.73 Å². The Labute approximate surface area is 125 Å². The molecule has 0 bridgehead atoms. The molecule has 1 heterocycles. The van der Waals surface area contributed by atoms with Crippen LogP contribution < -0.4 is 5.73 Å². The van der Waals surface area contributed by atoms with E-state index < -0.39 is 10.0 Å². The maximum Gasteiger partial charge on any atom is 0.242 e. The van der Waals surface area contributed by atoms with E-state index in [1.807, 2.05) is 12.1 Å². The van der Waals surface area contributed by atoms with Crippen LogP contribution in [-0.2, 0) is 23.0 Å². The number of sulfonamides is 1. The Morgan fingerprint density at radius 3 is 2.24 bits per heavy atom. The smallest absolute Gasteiger partial charge is 0.242 e. The molecule has 0 saturated carbocycles. The van der Waals surface area contributed by atoms with Crippen LogP contribution >= 0.6 is 0 Å². The van der Waals surface area contributed by atoms with Gasteiger partial charge in [-0.25, -0.2) is 12.7 Å². The molecule has 1 aromatic carbocycles. The van der Waals surface area contributed by atoms with Gasteiger partial charge in [0.2, 0.25) is 10.0 Å². The minimum absolute atomic E-state index is 0.289. The van der Waals surface area contributed by atoms with Crippen molar-refractivity contribution < 1.29 is 8.42 Å². The van der Waals surface area contributed by atoms with Crippen LogP contribution in [0.15, 0.2) is 53.7 Å². The molecule has 2 rings (SSSR count). The van der Waals surface area contributed by atoms with Crippen LogP contribution in [0.2, 0.25) is 0 Å². The molecule has 0 saturated heterocycles. The Morgan fingerprint density at radius 1 is 1.05 bits per heavy atom. The number of pyridine rings is 1. The highest BCUT2D eigenvalue weighted by molar-refractivity contribution is 7.89. The van der Waals surface area contributed by atoms with Gasteiger partial charge in [0.25, 0.3) is 0 Å². The molecule has 0 aliphatic carbocycles. The molecule has 0 amide bonds. The van der Waals surface area contributed by atoms with Gasteiger partial charge in [0.15, 0.2) is 0 Å². The summed E-state index contributed by atoms with van der Waals surface area (Å²) in [4.78, 5) is 4.23. The number of nitrogens with zero attached hydrogens (tertiary/aromatic N) is 2. The SMILES string of the molecule is CN(CCc1ccncc1)S(=O)(=O)c1ccc(CN)cc1. The van der Waals surface area contributed by atoms with E-state index in [2.05, 4.69) is 4.98 Å². The Bertz CT molecular complexity index is 670. The van der Waals surface area contributed by atoms with Gasteiger partial charge < -0.3 is 5.73 Å². The lowest BCUT2D eigenvalue weighted by Gasteiger charge is -2.17. The monoisotopic (exact) mass is 305 g/mol. The van der Waals surface area contributed by atoms with E-state index in [9.17, 15) is 8.42 Å². The Morgan fingerprint density at radius 2 is 1.67 bits per heavy atom.